The Bertz CT molecular complexity index is 851. The Hall–Kier alpha value is -2.24. The number of allylic oxidation sites excluding steroid dienone is 3. The van der Waals surface area contributed by atoms with Gasteiger partial charge in [-0.3, -0.25) is 0 Å². The van der Waals surface area contributed by atoms with Crippen molar-refractivity contribution < 1.29 is 0 Å². The minimum absolute atomic E-state index is 0.140. The molecule has 2 aromatic carbocycles. The van der Waals surface area contributed by atoms with Gasteiger partial charge in [-0.05, 0) is 59.2 Å². The standard InChI is InChI=1S/C22H21NS/c1-16(12-14-23)17-9-10-20-19(15-17)21(11-13-22(20,2)3)24-18-7-5-4-6-8-18/h4-12,15H,13H2,1-3H3. The minimum Gasteiger partial charge on any atom is -0.193 e. The highest BCUT2D eigenvalue weighted by molar-refractivity contribution is 8.08. The molecule has 0 spiro atoms. The molecule has 0 amide bonds. The Morgan fingerprint density at radius 2 is 1.92 bits per heavy atom. The maximum atomic E-state index is 8.92. The third-order valence-electron chi connectivity index (χ3n) is 4.52. The minimum atomic E-state index is 0.140. The second-order valence-corrected chi connectivity index (χ2v) is 7.90. The van der Waals surface area contributed by atoms with Crippen LogP contribution in [0.25, 0.3) is 10.5 Å². The highest BCUT2D eigenvalue weighted by Gasteiger charge is 2.28. The third-order valence-corrected chi connectivity index (χ3v) is 5.63. The summed E-state index contributed by atoms with van der Waals surface area (Å²) >= 11 is 1.82. The van der Waals surface area contributed by atoms with Crippen LogP contribution in [0.5, 0.6) is 0 Å². The molecule has 0 saturated heterocycles. The van der Waals surface area contributed by atoms with Crippen molar-refractivity contribution in [1.82, 2.24) is 0 Å². The molecule has 2 heteroatoms. The summed E-state index contributed by atoms with van der Waals surface area (Å²) in [5.41, 5.74) is 4.95. The van der Waals surface area contributed by atoms with Gasteiger partial charge in [0, 0.05) is 15.9 Å². The molecule has 0 aliphatic heterocycles. The molecule has 0 heterocycles. The van der Waals surface area contributed by atoms with Gasteiger partial charge in [-0.2, -0.15) is 5.26 Å². The first-order chi connectivity index (χ1) is 11.5. The summed E-state index contributed by atoms with van der Waals surface area (Å²) in [6.45, 7) is 6.58. The number of fused-ring (bicyclic) bond motifs is 1. The molecule has 0 radical (unpaired) electrons. The maximum absolute atomic E-state index is 8.92. The Labute approximate surface area is 148 Å². The lowest BCUT2D eigenvalue weighted by atomic mass is 9.75. The van der Waals surface area contributed by atoms with E-state index in [9.17, 15) is 0 Å². The molecule has 24 heavy (non-hydrogen) atoms. The molecule has 1 nitrogen and oxygen atoms in total. The van der Waals surface area contributed by atoms with Crippen molar-refractivity contribution in [2.75, 3.05) is 0 Å². The van der Waals surface area contributed by atoms with Gasteiger partial charge in [-0.1, -0.05) is 62.0 Å². The first-order valence-electron chi connectivity index (χ1n) is 8.16. The Morgan fingerprint density at radius 1 is 1.17 bits per heavy atom. The lowest BCUT2D eigenvalue weighted by Gasteiger charge is -2.32. The zero-order valence-corrected chi connectivity index (χ0v) is 15.2. The zero-order valence-electron chi connectivity index (χ0n) is 14.3. The van der Waals surface area contributed by atoms with Gasteiger partial charge in [0.25, 0.3) is 0 Å². The zero-order chi connectivity index (χ0) is 17.2. The van der Waals surface area contributed by atoms with E-state index in [-0.39, 0.29) is 5.41 Å². The van der Waals surface area contributed by atoms with E-state index >= 15 is 0 Å². The summed E-state index contributed by atoms with van der Waals surface area (Å²) in [6, 6.07) is 19.2. The lowest BCUT2D eigenvalue weighted by Crippen LogP contribution is -2.21. The van der Waals surface area contributed by atoms with Crippen LogP contribution in [0.4, 0.5) is 0 Å². The van der Waals surface area contributed by atoms with Crippen LogP contribution < -0.4 is 0 Å². The summed E-state index contributed by atoms with van der Waals surface area (Å²) in [5.74, 6) is 0. The number of hydrogen-bond donors (Lipinski definition) is 0. The van der Waals surface area contributed by atoms with E-state index in [4.69, 9.17) is 5.26 Å². The van der Waals surface area contributed by atoms with Crippen molar-refractivity contribution in [3.63, 3.8) is 0 Å². The van der Waals surface area contributed by atoms with E-state index < -0.39 is 0 Å². The lowest BCUT2D eigenvalue weighted by molar-refractivity contribution is 0.528. The van der Waals surface area contributed by atoms with Gasteiger partial charge in [-0.25, -0.2) is 0 Å². The fraction of sp³-hybridized carbons (Fsp3) is 0.227. The molecule has 0 saturated carbocycles. The van der Waals surface area contributed by atoms with E-state index in [1.165, 1.54) is 20.9 Å². The maximum Gasteiger partial charge on any atom is 0.0915 e. The molecule has 0 unspecified atom stereocenters. The molecule has 0 aromatic heterocycles. The van der Waals surface area contributed by atoms with Crippen molar-refractivity contribution in [3.8, 4) is 6.07 Å². The molecule has 2 aromatic rings. The van der Waals surface area contributed by atoms with Crippen LogP contribution in [-0.4, -0.2) is 0 Å². The van der Waals surface area contributed by atoms with E-state index in [2.05, 4.69) is 68.5 Å². The van der Waals surface area contributed by atoms with Crippen LogP contribution in [-0.2, 0) is 5.41 Å². The average molecular weight is 331 g/mol. The van der Waals surface area contributed by atoms with Crippen LogP contribution in [0.3, 0.4) is 0 Å². The van der Waals surface area contributed by atoms with Gasteiger partial charge in [0.05, 0.1) is 6.07 Å². The van der Waals surface area contributed by atoms with Gasteiger partial charge in [0.15, 0.2) is 0 Å². The summed E-state index contributed by atoms with van der Waals surface area (Å²) in [7, 11) is 0. The van der Waals surface area contributed by atoms with Crippen molar-refractivity contribution >= 4 is 22.2 Å². The van der Waals surface area contributed by atoms with Gasteiger partial charge >= 0.3 is 0 Å². The summed E-state index contributed by atoms with van der Waals surface area (Å²) in [5, 5.41) is 8.92. The normalized spacial score (nSPS) is 16.1. The fourth-order valence-electron chi connectivity index (χ4n) is 3.04. The van der Waals surface area contributed by atoms with E-state index in [1.54, 1.807) is 6.08 Å². The summed E-state index contributed by atoms with van der Waals surface area (Å²) < 4.78 is 0. The van der Waals surface area contributed by atoms with E-state index in [0.29, 0.717) is 0 Å². The molecule has 1 aliphatic rings. The second kappa shape index (κ2) is 6.71. The monoisotopic (exact) mass is 331 g/mol. The van der Waals surface area contributed by atoms with Gasteiger partial charge < -0.3 is 0 Å². The molecule has 120 valence electrons. The average Bonchev–Trinajstić information content (AvgIpc) is 2.58. The van der Waals surface area contributed by atoms with Crippen molar-refractivity contribution in [2.24, 2.45) is 0 Å². The Morgan fingerprint density at radius 3 is 2.62 bits per heavy atom. The number of rotatable bonds is 3. The van der Waals surface area contributed by atoms with Crippen molar-refractivity contribution in [2.45, 2.75) is 37.5 Å². The van der Waals surface area contributed by atoms with Crippen LogP contribution >= 0.6 is 11.8 Å². The van der Waals surface area contributed by atoms with Gasteiger partial charge in [0.2, 0.25) is 0 Å². The highest BCUT2D eigenvalue weighted by atomic mass is 32.2. The largest absolute Gasteiger partial charge is 0.193 e. The Kier molecular flexibility index (Phi) is 4.64. The molecule has 3 rings (SSSR count). The van der Waals surface area contributed by atoms with Gasteiger partial charge in [-0.15, -0.1) is 0 Å². The van der Waals surface area contributed by atoms with E-state index in [0.717, 1.165) is 17.6 Å². The molecule has 0 fully saturated rings. The highest BCUT2D eigenvalue weighted by Crippen LogP contribution is 2.45. The number of thioether (sulfide) groups is 1. The number of nitriles is 1. The predicted molar refractivity (Wildman–Crippen MR) is 104 cm³/mol. The SMILES string of the molecule is CC(=CC#N)c1ccc2c(c1)C(Sc1ccccc1)=CCC2(C)C. The number of benzene rings is 2. The number of hydrogen-bond acceptors (Lipinski definition) is 2. The van der Waals surface area contributed by atoms with E-state index in [1.807, 2.05) is 24.8 Å². The Balaban J connectivity index is 2.06. The first kappa shape index (κ1) is 16.6. The van der Waals surface area contributed by atoms with Crippen molar-refractivity contribution in [3.05, 3.63) is 77.4 Å². The number of nitrogens with zero attached hydrogens (tertiary/aromatic N) is 1. The van der Waals surface area contributed by atoms with Crippen LogP contribution in [0.2, 0.25) is 0 Å². The molecule has 0 bridgehead atoms. The first-order valence-corrected chi connectivity index (χ1v) is 8.97. The molecule has 0 atom stereocenters. The topological polar surface area (TPSA) is 23.8 Å². The molecular weight excluding hydrogens is 310 g/mol. The predicted octanol–water partition coefficient (Wildman–Crippen LogP) is 6.43. The smallest absolute Gasteiger partial charge is 0.0915 e. The van der Waals surface area contributed by atoms with Crippen LogP contribution in [0.1, 0.15) is 43.9 Å². The van der Waals surface area contributed by atoms with Crippen LogP contribution in [0.15, 0.2) is 65.6 Å². The van der Waals surface area contributed by atoms with Crippen molar-refractivity contribution in [1.29, 1.82) is 5.26 Å². The quantitative estimate of drug-likeness (QED) is 0.605. The molecular formula is C22H21NS. The van der Waals surface area contributed by atoms with Crippen LogP contribution in [0, 0.1) is 11.3 Å². The summed E-state index contributed by atoms with van der Waals surface area (Å²) in [6.07, 6.45) is 5.01. The second-order valence-electron chi connectivity index (χ2n) is 6.79. The van der Waals surface area contributed by atoms with Gasteiger partial charge in [0.1, 0.15) is 0 Å². The third kappa shape index (κ3) is 3.32. The fourth-order valence-corrected chi connectivity index (χ4v) is 4.04. The summed E-state index contributed by atoms with van der Waals surface area (Å²) in [4.78, 5) is 2.56. The molecule has 0 N–H and O–H groups in total. The molecule has 1 aliphatic carbocycles.